The van der Waals surface area contributed by atoms with E-state index < -0.39 is 18.1 Å². The summed E-state index contributed by atoms with van der Waals surface area (Å²) in [7, 11) is 0. The van der Waals surface area contributed by atoms with Gasteiger partial charge in [0.05, 0.1) is 24.4 Å². The van der Waals surface area contributed by atoms with Crippen molar-refractivity contribution in [1.29, 1.82) is 0 Å². The lowest BCUT2D eigenvalue weighted by Gasteiger charge is -2.35. The Kier molecular flexibility index (Phi) is 7.19. The number of carbonyl (C=O) groups excluding carboxylic acids is 3. The Morgan fingerprint density at radius 3 is 2.78 bits per heavy atom. The van der Waals surface area contributed by atoms with Crippen molar-refractivity contribution >= 4 is 23.5 Å². The molecule has 1 saturated carbocycles. The summed E-state index contributed by atoms with van der Waals surface area (Å²) in [4.78, 5) is 40.2. The van der Waals surface area contributed by atoms with E-state index >= 15 is 0 Å². The zero-order chi connectivity index (χ0) is 28.8. The molecule has 2 fully saturated rings. The number of nitrogens with zero attached hydrogens (tertiary/aromatic N) is 3. The van der Waals surface area contributed by atoms with Crippen LogP contribution in [0.2, 0.25) is 0 Å². The number of nitrogens with one attached hydrogen (secondary N) is 2. The van der Waals surface area contributed by atoms with Gasteiger partial charge < -0.3 is 20.3 Å². The van der Waals surface area contributed by atoms with Crippen LogP contribution in [0, 0.1) is 5.92 Å². The fraction of sp³-hybridized carbons (Fsp3) is 0.586. The predicted molar refractivity (Wildman–Crippen MR) is 142 cm³/mol. The molecule has 6 rings (SSSR count). The fourth-order valence-electron chi connectivity index (χ4n) is 6.29. The Labute approximate surface area is 235 Å². The van der Waals surface area contributed by atoms with Crippen LogP contribution >= 0.6 is 0 Å². The summed E-state index contributed by atoms with van der Waals surface area (Å²) in [6, 6.07) is 5.46. The molecule has 1 aromatic carbocycles. The number of rotatable bonds is 10. The lowest BCUT2D eigenvalue weighted by Crippen LogP contribution is -2.50. The number of hydrogen-bond acceptors (Lipinski definition) is 5. The van der Waals surface area contributed by atoms with E-state index in [-0.39, 0.29) is 37.3 Å². The number of hydrogen-bond donors (Lipinski definition) is 2. The van der Waals surface area contributed by atoms with E-state index in [0.717, 1.165) is 24.0 Å². The number of fused-ring (bicyclic) bond motifs is 3. The second-order valence-corrected chi connectivity index (χ2v) is 11.7. The third kappa shape index (κ3) is 5.92. The number of likely N-dealkylation sites (tertiary alicyclic amines) is 1. The monoisotopic (exact) mass is 573 g/mol. The molecule has 1 atom stereocenters. The number of amides is 3. The number of aryl methyl sites for hydroxylation is 2. The quantitative estimate of drug-likeness (QED) is 0.417. The van der Waals surface area contributed by atoms with Crippen LogP contribution in [0.3, 0.4) is 0 Å². The van der Waals surface area contributed by atoms with Crippen molar-refractivity contribution in [3.63, 3.8) is 0 Å². The van der Waals surface area contributed by atoms with E-state index in [1.165, 1.54) is 17.7 Å². The number of alkyl halides is 3. The maximum Gasteiger partial charge on any atom is 0.389 e. The SMILES string of the molecule is O=C(CN1CCCC1=O)Nc1c2c(nn1CCC1CC1)C[C@]1(CCc3cc(OCCCC(F)(F)F)ccc31)NC2=O. The molecule has 4 aliphatic rings. The van der Waals surface area contributed by atoms with Crippen LogP contribution in [0.15, 0.2) is 18.2 Å². The number of anilines is 1. The van der Waals surface area contributed by atoms with Crippen molar-refractivity contribution in [3.05, 3.63) is 40.6 Å². The van der Waals surface area contributed by atoms with Crippen LogP contribution < -0.4 is 15.4 Å². The van der Waals surface area contributed by atoms with Gasteiger partial charge in [-0.05, 0) is 61.3 Å². The lowest BCUT2D eigenvalue weighted by atomic mass is 9.82. The predicted octanol–water partition coefficient (Wildman–Crippen LogP) is 4.09. The number of ether oxygens (including phenoxy) is 1. The van der Waals surface area contributed by atoms with Crippen LogP contribution in [0.4, 0.5) is 19.0 Å². The van der Waals surface area contributed by atoms with Gasteiger partial charge in [-0.25, -0.2) is 4.68 Å². The van der Waals surface area contributed by atoms with Gasteiger partial charge in [0, 0.05) is 32.4 Å². The van der Waals surface area contributed by atoms with Crippen LogP contribution in [-0.2, 0) is 34.5 Å². The molecule has 1 saturated heterocycles. The van der Waals surface area contributed by atoms with Crippen LogP contribution in [0.1, 0.15) is 78.5 Å². The Hall–Kier alpha value is -3.57. The van der Waals surface area contributed by atoms with Gasteiger partial charge in [-0.2, -0.15) is 18.3 Å². The smallest absolute Gasteiger partial charge is 0.389 e. The highest BCUT2D eigenvalue weighted by Crippen LogP contribution is 2.44. The third-order valence-corrected chi connectivity index (χ3v) is 8.57. The highest BCUT2D eigenvalue weighted by atomic mass is 19.4. The Morgan fingerprint density at radius 2 is 2.05 bits per heavy atom. The van der Waals surface area contributed by atoms with E-state index in [2.05, 4.69) is 10.6 Å². The molecule has 3 heterocycles. The second kappa shape index (κ2) is 10.7. The van der Waals surface area contributed by atoms with Crippen LogP contribution in [0.5, 0.6) is 5.75 Å². The largest absolute Gasteiger partial charge is 0.494 e. The summed E-state index contributed by atoms with van der Waals surface area (Å²) < 4.78 is 44.6. The van der Waals surface area contributed by atoms with E-state index in [4.69, 9.17) is 9.84 Å². The van der Waals surface area contributed by atoms with Crippen molar-refractivity contribution in [2.45, 2.75) is 82.5 Å². The standard InChI is InChI=1S/C29H34F3N5O4/c30-29(31,32)10-2-14-41-20-6-7-21-19(15-20)8-11-28(21)16-22-25(27(40)34-28)26(37(35-22)13-9-18-4-5-18)33-23(38)17-36-12-1-3-24(36)39/h6-7,15,18H,1-5,8-14,16-17H2,(H,33,38)(H,34,40)/t28-/m0/s1. The number of carbonyl (C=O) groups is 3. The number of aromatic nitrogens is 2. The summed E-state index contributed by atoms with van der Waals surface area (Å²) in [5.74, 6) is 0.823. The molecule has 3 amide bonds. The average molecular weight is 574 g/mol. The van der Waals surface area contributed by atoms with Gasteiger partial charge >= 0.3 is 6.18 Å². The Bertz CT molecular complexity index is 1370. The van der Waals surface area contributed by atoms with Gasteiger partial charge in [-0.15, -0.1) is 0 Å². The molecule has 41 heavy (non-hydrogen) atoms. The molecule has 2 aromatic rings. The molecule has 0 unspecified atom stereocenters. The molecule has 220 valence electrons. The molecule has 2 aliphatic heterocycles. The van der Waals surface area contributed by atoms with E-state index in [1.54, 1.807) is 10.7 Å². The minimum absolute atomic E-state index is 0.0256. The number of halogens is 3. The van der Waals surface area contributed by atoms with Crippen LogP contribution in [0.25, 0.3) is 0 Å². The minimum Gasteiger partial charge on any atom is -0.494 e. The van der Waals surface area contributed by atoms with E-state index in [9.17, 15) is 27.6 Å². The molecule has 0 radical (unpaired) electrons. The fourth-order valence-corrected chi connectivity index (χ4v) is 6.29. The van der Waals surface area contributed by atoms with Crippen molar-refractivity contribution < 1.29 is 32.3 Å². The molecule has 0 bridgehead atoms. The highest BCUT2D eigenvalue weighted by Gasteiger charge is 2.46. The maximum atomic E-state index is 13.6. The second-order valence-electron chi connectivity index (χ2n) is 11.7. The van der Waals surface area contributed by atoms with Gasteiger partial charge in [0.2, 0.25) is 11.8 Å². The minimum atomic E-state index is -4.20. The molecular formula is C29H34F3N5O4. The summed E-state index contributed by atoms with van der Waals surface area (Å²) in [5.41, 5.74) is 2.26. The summed E-state index contributed by atoms with van der Waals surface area (Å²) in [6.45, 7) is 1.05. The van der Waals surface area contributed by atoms with Gasteiger partial charge in [-0.3, -0.25) is 14.4 Å². The van der Waals surface area contributed by atoms with Crippen molar-refractivity contribution in [3.8, 4) is 5.75 Å². The van der Waals surface area contributed by atoms with E-state index in [1.807, 2.05) is 12.1 Å². The molecule has 9 nitrogen and oxygen atoms in total. The molecule has 1 aromatic heterocycles. The molecule has 1 spiro atoms. The first-order valence-corrected chi connectivity index (χ1v) is 14.4. The zero-order valence-electron chi connectivity index (χ0n) is 22.8. The summed E-state index contributed by atoms with van der Waals surface area (Å²) in [5, 5.41) is 10.9. The first-order valence-electron chi connectivity index (χ1n) is 14.4. The molecule has 2 aliphatic carbocycles. The summed E-state index contributed by atoms with van der Waals surface area (Å²) >= 11 is 0. The topological polar surface area (TPSA) is 106 Å². The van der Waals surface area contributed by atoms with Crippen molar-refractivity contribution in [1.82, 2.24) is 20.0 Å². The molecule has 12 heteroatoms. The summed E-state index contributed by atoms with van der Waals surface area (Å²) in [6.07, 6.45) is 1.03. The Morgan fingerprint density at radius 1 is 1.22 bits per heavy atom. The van der Waals surface area contributed by atoms with E-state index in [0.29, 0.717) is 67.5 Å². The van der Waals surface area contributed by atoms with Gasteiger partial charge in [-0.1, -0.05) is 18.9 Å². The third-order valence-electron chi connectivity index (χ3n) is 8.57. The maximum absolute atomic E-state index is 13.6. The van der Waals surface area contributed by atoms with Gasteiger partial charge in [0.25, 0.3) is 5.91 Å². The normalized spacial score (nSPS) is 21.7. The average Bonchev–Trinajstić information content (AvgIpc) is 3.44. The first kappa shape index (κ1) is 27.6. The van der Waals surface area contributed by atoms with Crippen LogP contribution in [-0.4, -0.2) is 58.3 Å². The van der Waals surface area contributed by atoms with Gasteiger partial charge in [0.15, 0.2) is 0 Å². The van der Waals surface area contributed by atoms with Gasteiger partial charge in [0.1, 0.15) is 17.1 Å². The highest BCUT2D eigenvalue weighted by molar-refractivity contribution is 6.05. The number of benzene rings is 1. The zero-order valence-corrected chi connectivity index (χ0v) is 22.8. The molecule has 2 N–H and O–H groups in total. The van der Waals surface area contributed by atoms with Crippen molar-refractivity contribution in [2.24, 2.45) is 5.92 Å². The Balaban J connectivity index is 1.20. The van der Waals surface area contributed by atoms with Crippen molar-refractivity contribution in [2.75, 3.05) is 25.0 Å². The molecular weight excluding hydrogens is 539 g/mol. The lowest BCUT2D eigenvalue weighted by molar-refractivity contribution is -0.136. The first-order chi connectivity index (χ1) is 19.6.